The van der Waals surface area contributed by atoms with Crippen LogP contribution < -0.4 is 0 Å². The lowest BCUT2D eigenvalue weighted by atomic mass is 10.4. The molecule has 0 heterocycles. The molecule has 0 saturated heterocycles. The van der Waals surface area contributed by atoms with Gasteiger partial charge in [0.05, 0.1) is 13.2 Å². The lowest BCUT2D eigenvalue weighted by Gasteiger charge is -2.12. The number of alkyl halides is 4. The largest absolute Gasteiger partial charge is 0.465 e. The summed E-state index contributed by atoms with van der Waals surface area (Å²) in [6.07, 6.45) is -0.422. The molecule has 0 rings (SSSR count). The Morgan fingerprint density at radius 3 is 1.80 bits per heavy atom. The molecule has 0 spiro atoms. The topological polar surface area (TPSA) is 107 Å². The molecule has 0 aliphatic heterocycles. The van der Waals surface area contributed by atoms with Crippen LogP contribution in [-0.2, 0) is 29.2 Å². The molecule has 0 saturated carbocycles. The summed E-state index contributed by atoms with van der Waals surface area (Å²) in [7, 11) is -5.97. The Balaban J connectivity index is 4.11. The quantitative estimate of drug-likeness (QED) is 0.316. The second-order valence-electron chi connectivity index (χ2n) is 3.51. The normalized spacial score (nSPS) is 12.9. The molecule has 0 unspecified atom stereocenters. The van der Waals surface area contributed by atoms with Crippen LogP contribution >= 0.6 is 0 Å². The molecule has 20 heavy (non-hydrogen) atoms. The highest BCUT2D eigenvalue weighted by Crippen LogP contribution is 2.22. The number of hydrogen-bond donors (Lipinski definition) is 1. The summed E-state index contributed by atoms with van der Waals surface area (Å²) in [6.45, 7) is -1.21. The monoisotopic (exact) mass is 326 g/mol. The van der Waals surface area contributed by atoms with Crippen molar-refractivity contribution in [1.82, 2.24) is 0 Å². The van der Waals surface area contributed by atoms with Gasteiger partial charge < -0.3 is 9.47 Å². The van der Waals surface area contributed by atoms with Gasteiger partial charge in [-0.15, -0.1) is 0 Å². The number of halogens is 4. The van der Waals surface area contributed by atoms with Gasteiger partial charge in [-0.25, -0.2) is 9.59 Å². The minimum atomic E-state index is -5.97. The van der Waals surface area contributed by atoms with E-state index < -0.39 is 52.9 Å². The first-order chi connectivity index (χ1) is 8.80. The standard InChI is InChI=1S/C8H10F4O7S/c1-7(9,10)5(13)18-3-2-4-19-6(14)8(11,12)20(15,16)17/h2-4H2,1H3,(H,15,16,17). The molecule has 0 bridgehead atoms. The van der Waals surface area contributed by atoms with E-state index in [4.69, 9.17) is 4.55 Å². The predicted octanol–water partition coefficient (Wildman–Crippen LogP) is 0.599. The van der Waals surface area contributed by atoms with Crippen LogP contribution in [0, 0.1) is 0 Å². The Hall–Kier alpha value is -1.43. The Morgan fingerprint density at radius 1 is 1.05 bits per heavy atom. The van der Waals surface area contributed by atoms with Crippen molar-refractivity contribution in [3.8, 4) is 0 Å². The van der Waals surface area contributed by atoms with Crippen LogP contribution in [0.3, 0.4) is 0 Å². The van der Waals surface area contributed by atoms with Gasteiger partial charge in [-0.2, -0.15) is 26.0 Å². The van der Waals surface area contributed by atoms with Crippen LogP contribution in [0.4, 0.5) is 17.6 Å². The van der Waals surface area contributed by atoms with Crippen LogP contribution in [0.25, 0.3) is 0 Å². The predicted molar refractivity (Wildman–Crippen MR) is 53.7 cm³/mol. The van der Waals surface area contributed by atoms with Crippen molar-refractivity contribution < 1.29 is 49.6 Å². The third kappa shape index (κ3) is 5.28. The molecule has 118 valence electrons. The van der Waals surface area contributed by atoms with Gasteiger partial charge in [-0.3, -0.25) is 4.55 Å². The van der Waals surface area contributed by atoms with E-state index in [-0.39, 0.29) is 6.92 Å². The fourth-order valence-corrected chi connectivity index (χ4v) is 0.974. The molecule has 0 aromatic rings. The maximum atomic E-state index is 12.6. The van der Waals surface area contributed by atoms with Gasteiger partial charge >= 0.3 is 33.2 Å². The molecule has 0 amide bonds. The second kappa shape index (κ2) is 6.35. The van der Waals surface area contributed by atoms with Gasteiger partial charge in [-0.05, 0) is 0 Å². The maximum Gasteiger partial charge on any atom is 0.465 e. The lowest BCUT2D eigenvalue weighted by molar-refractivity contribution is -0.170. The number of esters is 2. The zero-order chi connectivity index (χ0) is 16.2. The summed E-state index contributed by atoms with van der Waals surface area (Å²) in [5, 5.41) is -5.14. The molecule has 0 radical (unpaired) electrons. The minimum Gasteiger partial charge on any atom is -0.461 e. The molecule has 12 heteroatoms. The highest BCUT2D eigenvalue weighted by molar-refractivity contribution is 7.87. The third-order valence-corrected chi connectivity index (χ3v) is 2.49. The van der Waals surface area contributed by atoms with Crippen molar-refractivity contribution in [2.24, 2.45) is 0 Å². The van der Waals surface area contributed by atoms with Gasteiger partial charge in [0.1, 0.15) is 0 Å². The van der Waals surface area contributed by atoms with Crippen molar-refractivity contribution in [2.45, 2.75) is 24.5 Å². The van der Waals surface area contributed by atoms with E-state index in [0.29, 0.717) is 0 Å². The zero-order valence-corrected chi connectivity index (χ0v) is 10.8. The third-order valence-electron chi connectivity index (χ3n) is 1.68. The van der Waals surface area contributed by atoms with Crippen molar-refractivity contribution in [2.75, 3.05) is 13.2 Å². The van der Waals surface area contributed by atoms with Crippen molar-refractivity contribution in [3.05, 3.63) is 0 Å². The summed E-state index contributed by atoms with van der Waals surface area (Å²) in [5.41, 5.74) is 0. The smallest absolute Gasteiger partial charge is 0.461 e. The number of carbonyl (C=O) groups excluding carboxylic acids is 2. The Morgan fingerprint density at radius 2 is 1.45 bits per heavy atom. The van der Waals surface area contributed by atoms with Crippen LogP contribution in [0.5, 0.6) is 0 Å². The minimum absolute atomic E-state index is 0.280. The highest BCUT2D eigenvalue weighted by atomic mass is 32.2. The molecule has 0 aliphatic rings. The summed E-state index contributed by atoms with van der Waals surface area (Å²) >= 11 is 0. The van der Waals surface area contributed by atoms with Crippen LogP contribution in [-0.4, -0.2) is 49.3 Å². The van der Waals surface area contributed by atoms with Gasteiger partial charge in [0.2, 0.25) is 0 Å². The van der Waals surface area contributed by atoms with E-state index in [9.17, 15) is 35.6 Å². The lowest BCUT2D eigenvalue weighted by Crippen LogP contribution is -2.39. The van der Waals surface area contributed by atoms with E-state index in [1.807, 2.05) is 0 Å². The number of ether oxygens (including phenoxy) is 2. The highest BCUT2D eigenvalue weighted by Gasteiger charge is 2.54. The summed E-state index contributed by atoms with van der Waals surface area (Å²) in [6, 6.07) is 0. The first-order valence-corrected chi connectivity index (χ1v) is 6.31. The van der Waals surface area contributed by atoms with Gasteiger partial charge in [0, 0.05) is 13.3 Å². The first kappa shape index (κ1) is 18.6. The van der Waals surface area contributed by atoms with Crippen molar-refractivity contribution in [1.29, 1.82) is 0 Å². The maximum absolute atomic E-state index is 12.6. The van der Waals surface area contributed by atoms with Gasteiger partial charge in [0.15, 0.2) is 0 Å². The molecule has 0 aromatic heterocycles. The molecular formula is C8H10F4O7S. The number of rotatable bonds is 7. The fraction of sp³-hybridized carbons (Fsp3) is 0.750. The van der Waals surface area contributed by atoms with Crippen molar-refractivity contribution >= 4 is 22.1 Å². The average molecular weight is 326 g/mol. The van der Waals surface area contributed by atoms with Crippen LogP contribution in [0.15, 0.2) is 0 Å². The average Bonchev–Trinajstić information content (AvgIpc) is 2.24. The zero-order valence-electron chi connectivity index (χ0n) is 9.94. The van der Waals surface area contributed by atoms with E-state index in [1.54, 1.807) is 0 Å². The molecule has 0 atom stereocenters. The van der Waals surface area contributed by atoms with Gasteiger partial charge in [-0.1, -0.05) is 0 Å². The molecule has 7 nitrogen and oxygen atoms in total. The number of hydrogen-bond acceptors (Lipinski definition) is 6. The molecule has 0 fully saturated rings. The SMILES string of the molecule is CC(F)(F)C(=O)OCCCOC(=O)C(F)(F)S(=O)(=O)O. The molecule has 1 N–H and O–H groups in total. The van der Waals surface area contributed by atoms with E-state index >= 15 is 0 Å². The summed E-state index contributed by atoms with van der Waals surface area (Å²) in [5.74, 6) is -8.12. The molecular weight excluding hydrogens is 316 g/mol. The summed E-state index contributed by atoms with van der Waals surface area (Å²) < 4.78 is 85.9. The number of carbonyl (C=O) groups is 2. The van der Waals surface area contributed by atoms with Crippen LogP contribution in [0.2, 0.25) is 0 Å². The van der Waals surface area contributed by atoms with Crippen LogP contribution in [0.1, 0.15) is 13.3 Å². The summed E-state index contributed by atoms with van der Waals surface area (Å²) in [4.78, 5) is 21.2. The first-order valence-electron chi connectivity index (χ1n) is 4.87. The Kier molecular flexibility index (Phi) is 5.89. The van der Waals surface area contributed by atoms with E-state index in [1.165, 1.54) is 0 Å². The van der Waals surface area contributed by atoms with E-state index in [2.05, 4.69) is 9.47 Å². The van der Waals surface area contributed by atoms with Gasteiger partial charge in [0.25, 0.3) is 0 Å². The molecule has 0 aliphatic carbocycles. The Bertz CT molecular complexity index is 468. The second-order valence-corrected chi connectivity index (χ2v) is 4.97. The fourth-order valence-electron chi connectivity index (χ4n) is 0.705. The molecule has 0 aromatic carbocycles. The Labute approximate surface area is 110 Å². The van der Waals surface area contributed by atoms with E-state index in [0.717, 1.165) is 0 Å². The van der Waals surface area contributed by atoms with Crippen molar-refractivity contribution in [3.63, 3.8) is 0 Å².